The maximum absolute atomic E-state index is 12.8. The van der Waals surface area contributed by atoms with Crippen LogP contribution in [0.2, 0.25) is 0 Å². The number of carbonyl (C=O) groups is 1. The monoisotopic (exact) mass is 395 g/mol. The minimum absolute atomic E-state index is 0.182. The Balaban J connectivity index is 1.43. The predicted molar refractivity (Wildman–Crippen MR) is 114 cm³/mol. The zero-order valence-corrected chi connectivity index (χ0v) is 17.4. The van der Waals surface area contributed by atoms with Crippen LogP contribution >= 0.6 is 0 Å². The molecular formula is C23H29N3O3. The number of benzene rings is 1. The minimum atomic E-state index is -0.384. The zero-order chi connectivity index (χ0) is 20.4. The van der Waals surface area contributed by atoms with E-state index in [0.29, 0.717) is 24.8 Å². The van der Waals surface area contributed by atoms with Crippen molar-refractivity contribution in [2.45, 2.75) is 45.3 Å². The summed E-state index contributed by atoms with van der Waals surface area (Å²) in [5, 5.41) is 3.06. The largest absolute Gasteiger partial charge is 0.370 e. The number of nitrogens with zero attached hydrogens (tertiary/aromatic N) is 2. The van der Waals surface area contributed by atoms with Crippen molar-refractivity contribution < 1.29 is 14.3 Å². The van der Waals surface area contributed by atoms with Gasteiger partial charge in [-0.05, 0) is 36.1 Å². The van der Waals surface area contributed by atoms with Gasteiger partial charge >= 0.3 is 0 Å². The average Bonchev–Trinajstić information content (AvgIpc) is 3.18. The standard InChI is InChI=1S/C23H29N3O3/c1-16(2)19-6-4-5-17(3)21(19)25-22(27)20-8-7-18(15-24-20)26-11-9-23(10-12-26)28-13-14-29-23/h4-8,15-16H,9-14H2,1-3H3,(H,25,27). The summed E-state index contributed by atoms with van der Waals surface area (Å²) in [4.78, 5) is 19.5. The molecule has 0 radical (unpaired) electrons. The zero-order valence-electron chi connectivity index (χ0n) is 17.4. The van der Waals surface area contributed by atoms with Gasteiger partial charge in [0.1, 0.15) is 5.69 Å². The molecule has 0 bridgehead atoms. The van der Waals surface area contributed by atoms with E-state index in [4.69, 9.17) is 9.47 Å². The molecule has 0 atom stereocenters. The van der Waals surface area contributed by atoms with E-state index in [1.165, 1.54) is 0 Å². The highest BCUT2D eigenvalue weighted by molar-refractivity contribution is 6.03. The van der Waals surface area contributed by atoms with Gasteiger partial charge in [0, 0.05) is 31.6 Å². The fourth-order valence-corrected chi connectivity index (χ4v) is 4.12. The Hall–Kier alpha value is -2.44. The van der Waals surface area contributed by atoms with Crippen LogP contribution < -0.4 is 10.2 Å². The van der Waals surface area contributed by atoms with E-state index in [9.17, 15) is 4.79 Å². The molecule has 2 aliphatic heterocycles. The second-order valence-electron chi connectivity index (χ2n) is 8.14. The number of pyridine rings is 1. The average molecular weight is 396 g/mol. The Labute approximate surface area is 172 Å². The number of hydrogen-bond acceptors (Lipinski definition) is 5. The van der Waals surface area contributed by atoms with Gasteiger partial charge in [0.05, 0.1) is 25.1 Å². The number of anilines is 2. The van der Waals surface area contributed by atoms with Crippen molar-refractivity contribution in [2.24, 2.45) is 0 Å². The summed E-state index contributed by atoms with van der Waals surface area (Å²) in [5.74, 6) is -0.236. The third-order valence-corrected chi connectivity index (χ3v) is 5.85. The quantitative estimate of drug-likeness (QED) is 0.844. The van der Waals surface area contributed by atoms with E-state index in [-0.39, 0.29) is 11.7 Å². The highest BCUT2D eigenvalue weighted by Crippen LogP contribution is 2.33. The van der Waals surface area contributed by atoms with Crippen LogP contribution in [0.15, 0.2) is 36.5 Å². The second kappa shape index (κ2) is 8.13. The van der Waals surface area contributed by atoms with Crippen LogP contribution in [-0.2, 0) is 9.47 Å². The summed E-state index contributed by atoms with van der Waals surface area (Å²) < 4.78 is 11.6. The predicted octanol–water partition coefficient (Wildman–Crippen LogP) is 4.11. The molecule has 4 rings (SSSR count). The van der Waals surface area contributed by atoms with Gasteiger partial charge in [0.2, 0.25) is 0 Å². The number of rotatable bonds is 4. The smallest absolute Gasteiger partial charge is 0.274 e. The van der Waals surface area contributed by atoms with Gasteiger partial charge in [-0.3, -0.25) is 4.79 Å². The first-order valence-electron chi connectivity index (χ1n) is 10.4. The van der Waals surface area contributed by atoms with Crippen molar-refractivity contribution in [2.75, 3.05) is 36.5 Å². The molecule has 3 heterocycles. The molecule has 6 heteroatoms. The van der Waals surface area contributed by atoms with Crippen LogP contribution in [0.4, 0.5) is 11.4 Å². The Kier molecular flexibility index (Phi) is 5.56. The molecule has 0 unspecified atom stereocenters. The number of piperidine rings is 1. The SMILES string of the molecule is Cc1cccc(C(C)C)c1NC(=O)c1ccc(N2CCC3(CC2)OCCO3)cn1. The number of aryl methyl sites for hydroxylation is 1. The van der Waals surface area contributed by atoms with Crippen molar-refractivity contribution in [3.8, 4) is 0 Å². The summed E-state index contributed by atoms with van der Waals surface area (Å²) in [6, 6.07) is 9.86. The molecule has 29 heavy (non-hydrogen) atoms. The molecule has 1 amide bonds. The summed E-state index contributed by atoms with van der Waals surface area (Å²) in [7, 11) is 0. The van der Waals surface area contributed by atoms with Crippen LogP contribution in [0.5, 0.6) is 0 Å². The summed E-state index contributed by atoms with van der Waals surface area (Å²) in [6.45, 7) is 9.35. The topological polar surface area (TPSA) is 63.7 Å². The number of nitrogens with one attached hydrogen (secondary N) is 1. The lowest BCUT2D eigenvalue weighted by molar-refractivity contribution is -0.169. The molecule has 1 aromatic carbocycles. The Morgan fingerprint density at radius 2 is 1.86 bits per heavy atom. The van der Waals surface area contributed by atoms with Crippen molar-refractivity contribution in [1.82, 2.24) is 4.98 Å². The fraction of sp³-hybridized carbons (Fsp3) is 0.478. The summed E-state index contributed by atoms with van der Waals surface area (Å²) in [6.07, 6.45) is 3.48. The van der Waals surface area contributed by atoms with Crippen molar-refractivity contribution >= 4 is 17.3 Å². The van der Waals surface area contributed by atoms with Gasteiger partial charge in [-0.25, -0.2) is 4.98 Å². The first kappa shape index (κ1) is 19.9. The van der Waals surface area contributed by atoms with E-state index in [1.807, 2.05) is 25.1 Å². The highest BCUT2D eigenvalue weighted by Gasteiger charge is 2.39. The van der Waals surface area contributed by atoms with E-state index < -0.39 is 0 Å². The molecule has 0 saturated carbocycles. The molecule has 1 aromatic heterocycles. The summed E-state index contributed by atoms with van der Waals surface area (Å²) in [5.41, 5.74) is 4.51. The fourth-order valence-electron chi connectivity index (χ4n) is 4.12. The van der Waals surface area contributed by atoms with Crippen LogP contribution in [0.1, 0.15) is 54.2 Å². The molecule has 2 saturated heterocycles. The Morgan fingerprint density at radius 1 is 1.14 bits per heavy atom. The molecule has 6 nitrogen and oxygen atoms in total. The second-order valence-corrected chi connectivity index (χ2v) is 8.14. The maximum Gasteiger partial charge on any atom is 0.274 e. The van der Waals surface area contributed by atoms with Crippen molar-refractivity contribution in [1.29, 1.82) is 0 Å². The third kappa shape index (κ3) is 4.14. The van der Waals surface area contributed by atoms with Gasteiger partial charge in [-0.2, -0.15) is 0 Å². The van der Waals surface area contributed by atoms with Crippen molar-refractivity contribution in [3.05, 3.63) is 53.3 Å². The molecule has 154 valence electrons. The lowest BCUT2D eigenvalue weighted by atomic mass is 9.98. The number of amides is 1. The lowest BCUT2D eigenvalue weighted by Crippen LogP contribution is -2.45. The van der Waals surface area contributed by atoms with E-state index in [2.05, 4.69) is 35.1 Å². The molecule has 2 fully saturated rings. The number of hydrogen-bond donors (Lipinski definition) is 1. The number of aromatic nitrogens is 1. The normalized spacial score (nSPS) is 18.4. The number of carbonyl (C=O) groups excluding carboxylic acids is 1. The highest BCUT2D eigenvalue weighted by atomic mass is 16.7. The van der Waals surface area contributed by atoms with E-state index >= 15 is 0 Å². The minimum Gasteiger partial charge on any atom is -0.370 e. The number of para-hydroxylation sites is 1. The molecule has 0 aliphatic carbocycles. The van der Waals surface area contributed by atoms with E-state index in [1.54, 1.807) is 12.3 Å². The Bertz CT molecular complexity index is 863. The van der Waals surface area contributed by atoms with Gasteiger partial charge in [0.15, 0.2) is 5.79 Å². The van der Waals surface area contributed by atoms with Gasteiger partial charge < -0.3 is 19.7 Å². The first-order valence-corrected chi connectivity index (χ1v) is 10.4. The molecule has 2 aliphatic rings. The summed E-state index contributed by atoms with van der Waals surface area (Å²) >= 11 is 0. The van der Waals surface area contributed by atoms with Gasteiger partial charge in [-0.1, -0.05) is 32.0 Å². The first-order chi connectivity index (χ1) is 14.0. The lowest BCUT2D eigenvalue weighted by Gasteiger charge is -2.38. The van der Waals surface area contributed by atoms with Crippen LogP contribution in [0, 0.1) is 6.92 Å². The molecule has 1 spiro atoms. The number of ether oxygens (including phenoxy) is 2. The molecule has 2 aromatic rings. The third-order valence-electron chi connectivity index (χ3n) is 5.85. The maximum atomic E-state index is 12.8. The van der Waals surface area contributed by atoms with Gasteiger partial charge in [-0.15, -0.1) is 0 Å². The Morgan fingerprint density at radius 3 is 2.48 bits per heavy atom. The van der Waals surface area contributed by atoms with Crippen LogP contribution in [-0.4, -0.2) is 43.0 Å². The van der Waals surface area contributed by atoms with E-state index in [0.717, 1.165) is 48.4 Å². The molecular weight excluding hydrogens is 366 g/mol. The molecule has 1 N–H and O–H groups in total. The van der Waals surface area contributed by atoms with Crippen LogP contribution in [0.3, 0.4) is 0 Å². The van der Waals surface area contributed by atoms with Crippen LogP contribution in [0.25, 0.3) is 0 Å². The van der Waals surface area contributed by atoms with Gasteiger partial charge in [0.25, 0.3) is 5.91 Å². The van der Waals surface area contributed by atoms with Crippen molar-refractivity contribution in [3.63, 3.8) is 0 Å².